The number of hydrogen-bond acceptors (Lipinski definition) is 4. The lowest BCUT2D eigenvalue weighted by atomic mass is 10.1. The number of hydrogen-bond donors (Lipinski definition) is 1. The van der Waals surface area contributed by atoms with Crippen LogP contribution in [0.2, 0.25) is 0 Å². The Morgan fingerprint density at radius 1 is 1.25 bits per heavy atom. The maximum Gasteiger partial charge on any atom is 0.148 e. The predicted octanol–water partition coefficient (Wildman–Crippen LogP) is 1.61. The van der Waals surface area contributed by atoms with Crippen LogP contribution in [0.4, 0.5) is 4.39 Å². The zero-order valence-electron chi connectivity index (χ0n) is 12.1. The summed E-state index contributed by atoms with van der Waals surface area (Å²) in [6.07, 6.45) is 0.430. The summed E-state index contributed by atoms with van der Waals surface area (Å²) in [4.78, 5) is 1.90. The first-order chi connectivity index (χ1) is 9.19. The number of rotatable bonds is 7. The van der Waals surface area contributed by atoms with Crippen molar-refractivity contribution < 1.29 is 17.9 Å². The predicted molar refractivity (Wildman–Crippen MR) is 77.8 cm³/mol. The van der Waals surface area contributed by atoms with Gasteiger partial charge in [-0.25, -0.2) is 12.8 Å². The highest BCUT2D eigenvalue weighted by Crippen LogP contribution is 2.16. The van der Waals surface area contributed by atoms with E-state index in [1.54, 1.807) is 0 Å². The number of aliphatic hydroxyl groups excluding tert-OH is 1. The summed E-state index contributed by atoms with van der Waals surface area (Å²) in [6.45, 7) is 4.58. The summed E-state index contributed by atoms with van der Waals surface area (Å²) in [5, 5.41) is 10.1. The molecule has 0 heterocycles. The van der Waals surface area contributed by atoms with Crippen molar-refractivity contribution in [2.75, 3.05) is 25.1 Å². The second kappa shape index (κ2) is 7.15. The van der Waals surface area contributed by atoms with Gasteiger partial charge in [0.15, 0.2) is 0 Å². The van der Waals surface area contributed by atoms with Crippen molar-refractivity contribution in [1.29, 1.82) is 0 Å². The van der Waals surface area contributed by atoms with Crippen molar-refractivity contribution >= 4 is 9.84 Å². The Morgan fingerprint density at radius 3 is 2.25 bits per heavy atom. The average molecular weight is 303 g/mol. The lowest BCUT2D eigenvalue weighted by Crippen LogP contribution is -2.38. The van der Waals surface area contributed by atoms with E-state index in [4.69, 9.17) is 0 Å². The van der Waals surface area contributed by atoms with Crippen molar-refractivity contribution in [3.63, 3.8) is 0 Å². The third kappa shape index (κ3) is 5.98. The Morgan fingerprint density at radius 2 is 1.80 bits per heavy atom. The highest BCUT2D eigenvalue weighted by atomic mass is 32.2. The van der Waals surface area contributed by atoms with E-state index in [0.717, 1.165) is 0 Å². The second-order valence-electron chi connectivity index (χ2n) is 5.29. The van der Waals surface area contributed by atoms with Gasteiger partial charge < -0.3 is 5.11 Å². The monoisotopic (exact) mass is 303 g/mol. The van der Waals surface area contributed by atoms with Crippen LogP contribution in [0.25, 0.3) is 0 Å². The molecule has 0 aliphatic heterocycles. The van der Waals surface area contributed by atoms with Crippen LogP contribution in [-0.4, -0.2) is 49.6 Å². The lowest BCUT2D eigenvalue weighted by molar-refractivity contribution is 0.0995. The molecule has 6 heteroatoms. The maximum atomic E-state index is 12.8. The first-order valence-corrected chi connectivity index (χ1v) is 8.60. The van der Waals surface area contributed by atoms with Gasteiger partial charge in [0, 0.05) is 25.4 Å². The fourth-order valence-electron chi connectivity index (χ4n) is 1.86. The Bertz CT molecular complexity index is 514. The Kier molecular flexibility index (Phi) is 6.10. The molecule has 1 atom stereocenters. The van der Waals surface area contributed by atoms with E-state index in [1.165, 1.54) is 30.5 Å². The molecule has 1 N–H and O–H groups in total. The maximum absolute atomic E-state index is 12.8. The van der Waals surface area contributed by atoms with Gasteiger partial charge in [-0.15, -0.1) is 0 Å². The van der Waals surface area contributed by atoms with Crippen LogP contribution < -0.4 is 0 Å². The molecule has 0 fully saturated rings. The van der Waals surface area contributed by atoms with Crippen LogP contribution in [0.3, 0.4) is 0 Å². The Balaban J connectivity index is 2.67. The fraction of sp³-hybridized carbons (Fsp3) is 0.571. The van der Waals surface area contributed by atoms with Gasteiger partial charge in [-0.3, -0.25) is 4.90 Å². The number of halogens is 1. The molecule has 1 aromatic rings. The zero-order valence-corrected chi connectivity index (χ0v) is 12.9. The molecule has 0 aliphatic rings. The van der Waals surface area contributed by atoms with E-state index in [-0.39, 0.29) is 17.6 Å². The number of nitrogens with zero attached hydrogens (tertiary/aromatic N) is 1. The van der Waals surface area contributed by atoms with Gasteiger partial charge in [0.1, 0.15) is 15.7 Å². The minimum Gasteiger partial charge on any atom is -0.387 e. The lowest BCUT2D eigenvalue weighted by Gasteiger charge is -2.28. The first kappa shape index (κ1) is 17.1. The minimum absolute atomic E-state index is 0.0569. The molecule has 0 spiro atoms. The topological polar surface area (TPSA) is 57.6 Å². The fourth-order valence-corrected chi connectivity index (χ4v) is 2.42. The van der Waals surface area contributed by atoms with Gasteiger partial charge in [-0.1, -0.05) is 12.1 Å². The van der Waals surface area contributed by atoms with E-state index in [1.807, 2.05) is 18.7 Å². The van der Waals surface area contributed by atoms with Crippen LogP contribution in [0.1, 0.15) is 25.5 Å². The number of benzene rings is 1. The summed E-state index contributed by atoms with van der Waals surface area (Å²) in [5.41, 5.74) is 0.622. The van der Waals surface area contributed by atoms with Crippen molar-refractivity contribution in [1.82, 2.24) is 4.90 Å². The molecule has 114 valence electrons. The van der Waals surface area contributed by atoms with Crippen molar-refractivity contribution in [2.45, 2.75) is 26.0 Å². The van der Waals surface area contributed by atoms with E-state index in [2.05, 4.69) is 0 Å². The van der Waals surface area contributed by atoms with E-state index in [0.29, 0.717) is 18.7 Å². The van der Waals surface area contributed by atoms with Crippen LogP contribution in [0.5, 0.6) is 0 Å². The highest BCUT2D eigenvalue weighted by molar-refractivity contribution is 7.90. The van der Waals surface area contributed by atoms with Crippen LogP contribution >= 0.6 is 0 Å². The molecular weight excluding hydrogens is 281 g/mol. The van der Waals surface area contributed by atoms with Crippen molar-refractivity contribution in [2.24, 2.45) is 0 Å². The minimum atomic E-state index is -3.03. The average Bonchev–Trinajstić information content (AvgIpc) is 2.33. The summed E-state index contributed by atoms with van der Waals surface area (Å²) in [5.74, 6) is -0.292. The molecule has 0 bridgehead atoms. The third-order valence-corrected chi connectivity index (χ3v) is 4.07. The van der Waals surface area contributed by atoms with Gasteiger partial charge >= 0.3 is 0 Å². The molecule has 1 aromatic carbocycles. The van der Waals surface area contributed by atoms with E-state index in [9.17, 15) is 17.9 Å². The first-order valence-electron chi connectivity index (χ1n) is 6.54. The number of sulfone groups is 1. The van der Waals surface area contributed by atoms with Gasteiger partial charge in [0.25, 0.3) is 0 Å². The summed E-state index contributed by atoms with van der Waals surface area (Å²) in [6, 6.07) is 5.79. The molecule has 0 radical (unpaired) electrons. The van der Waals surface area contributed by atoms with Crippen LogP contribution in [0, 0.1) is 5.82 Å². The molecule has 1 unspecified atom stereocenters. The summed E-state index contributed by atoms with van der Waals surface area (Å²) in [7, 11) is -3.03. The Labute approximate surface area is 120 Å². The van der Waals surface area contributed by atoms with Crippen LogP contribution in [-0.2, 0) is 9.84 Å². The second-order valence-corrected chi connectivity index (χ2v) is 7.55. The molecule has 1 rings (SSSR count). The molecule has 0 aliphatic carbocycles. The van der Waals surface area contributed by atoms with Gasteiger partial charge in [-0.2, -0.15) is 0 Å². The zero-order chi connectivity index (χ0) is 15.3. The van der Waals surface area contributed by atoms with Gasteiger partial charge in [0.2, 0.25) is 0 Å². The summed E-state index contributed by atoms with van der Waals surface area (Å²) < 4.78 is 35.3. The molecular formula is C14H22FNO3S. The molecule has 0 amide bonds. The SMILES string of the molecule is CC(C)N(CCS(C)(=O)=O)CC(O)c1ccc(F)cc1. The molecule has 0 saturated carbocycles. The third-order valence-electron chi connectivity index (χ3n) is 3.14. The standard InChI is InChI=1S/C14H22FNO3S/c1-11(2)16(8-9-20(3,18)19)10-14(17)12-4-6-13(15)7-5-12/h4-7,11,14,17H,8-10H2,1-3H3. The van der Waals surface area contributed by atoms with Crippen molar-refractivity contribution in [3.8, 4) is 0 Å². The van der Waals surface area contributed by atoms with E-state index < -0.39 is 15.9 Å². The largest absolute Gasteiger partial charge is 0.387 e. The molecule has 4 nitrogen and oxygen atoms in total. The molecule has 0 saturated heterocycles. The normalized spacial score (nSPS) is 13.9. The van der Waals surface area contributed by atoms with Gasteiger partial charge in [-0.05, 0) is 31.5 Å². The van der Waals surface area contributed by atoms with Gasteiger partial charge in [0.05, 0.1) is 11.9 Å². The Hall–Kier alpha value is -0.980. The molecule has 20 heavy (non-hydrogen) atoms. The highest BCUT2D eigenvalue weighted by Gasteiger charge is 2.17. The smallest absolute Gasteiger partial charge is 0.148 e. The molecule has 0 aromatic heterocycles. The van der Waals surface area contributed by atoms with Crippen LogP contribution in [0.15, 0.2) is 24.3 Å². The van der Waals surface area contributed by atoms with Crippen molar-refractivity contribution in [3.05, 3.63) is 35.6 Å². The summed E-state index contributed by atoms with van der Waals surface area (Å²) >= 11 is 0. The van der Waals surface area contributed by atoms with E-state index >= 15 is 0 Å². The number of aliphatic hydroxyl groups is 1. The quantitative estimate of drug-likeness (QED) is 0.831.